The van der Waals surface area contributed by atoms with Crippen molar-refractivity contribution in [1.29, 1.82) is 0 Å². The maximum absolute atomic E-state index is 12.9. The van der Waals surface area contributed by atoms with E-state index in [4.69, 9.17) is 4.74 Å². The molecule has 0 spiro atoms. The molecule has 0 amide bonds. The Balaban J connectivity index is 2.04. The minimum Gasteiger partial charge on any atom is -0.495 e. The van der Waals surface area contributed by atoms with Crippen molar-refractivity contribution >= 4 is 10.0 Å². The van der Waals surface area contributed by atoms with Gasteiger partial charge in [0.25, 0.3) is 0 Å². The van der Waals surface area contributed by atoms with Crippen molar-refractivity contribution in [3.05, 3.63) is 47.0 Å². The molecule has 6 nitrogen and oxygen atoms in total. The quantitative estimate of drug-likeness (QED) is 0.862. The molecule has 0 saturated heterocycles. The second-order valence-electron chi connectivity index (χ2n) is 5.36. The van der Waals surface area contributed by atoms with Gasteiger partial charge in [0.1, 0.15) is 17.0 Å². The molecule has 0 atom stereocenters. The molecule has 0 N–H and O–H groups in total. The highest BCUT2D eigenvalue weighted by Gasteiger charge is 2.33. The lowest BCUT2D eigenvalue weighted by Gasteiger charge is -2.18. The molecule has 0 fully saturated rings. The van der Waals surface area contributed by atoms with Crippen LogP contribution in [0.4, 0.5) is 0 Å². The van der Waals surface area contributed by atoms with Crippen LogP contribution < -0.4 is 4.74 Å². The summed E-state index contributed by atoms with van der Waals surface area (Å²) < 4.78 is 32.6. The normalized spacial score (nSPS) is 14.9. The summed E-state index contributed by atoms with van der Waals surface area (Å²) in [6.07, 6.45) is 3.10. The number of nitrogens with zero attached hydrogens (tertiary/aromatic N) is 3. The van der Waals surface area contributed by atoms with E-state index in [1.165, 1.54) is 17.7 Å². The number of aromatic nitrogens is 2. The molecule has 2 heterocycles. The third-order valence-corrected chi connectivity index (χ3v) is 5.76. The Morgan fingerprint density at radius 2 is 1.91 bits per heavy atom. The maximum atomic E-state index is 12.9. The van der Waals surface area contributed by atoms with Gasteiger partial charge < -0.3 is 4.74 Å². The Bertz CT molecular complexity index is 809. The molecule has 0 unspecified atom stereocenters. The van der Waals surface area contributed by atoms with E-state index in [2.05, 4.69) is 9.97 Å². The van der Waals surface area contributed by atoms with Gasteiger partial charge in [-0.05, 0) is 37.1 Å². The van der Waals surface area contributed by atoms with Gasteiger partial charge in [0.2, 0.25) is 10.0 Å². The lowest BCUT2D eigenvalue weighted by atomic mass is 10.1. The zero-order chi connectivity index (χ0) is 15.9. The monoisotopic (exact) mass is 319 g/mol. The van der Waals surface area contributed by atoms with Crippen LogP contribution in [0.1, 0.15) is 22.4 Å². The SMILES string of the molecule is COc1cc(C)c(C)cc1S(=O)(=O)N1Cc2cncnc2C1. The molecule has 116 valence electrons. The summed E-state index contributed by atoms with van der Waals surface area (Å²) >= 11 is 0. The second-order valence-corrected chi connectivity index (χ2v) is 7.26. The minimum absolute atomic E-state index is 0.193. The van der Waals surface area contributed by atoms with Gasteiger partial charge in [-0.2, -0.15) is 4.31 Å². The molecule has 7 heteroatoms. The van der Waals surface area contributed by atoms with E-state index in [-0.39, 0.29) is 18.0 Å². The van der Waals surface area contributed by atoms with Crippen molar-refractivity contribution in [3.8, 4) is 5.75 Å². The summed E-state index contributed by atoms with van der Waals surface area (Å²) in [5.41, 5.74) is 3.50. The van der Waals surface area contributed by atoms with Gasteiger partial charge in [-0.3, -0.25) is 0 Å². The molecule has 3 rings (SSSR count). The molecule has 1 aromatic heterocycles. The van der Waals surface area contributed by atoms with Crippen molar-refractivity contribution in [2.45, 2.75) is 31.8 Å². The highest BCUT2D eigenvalue weighted by Crippen LogP contribution is 2.33. The number of rotatable bonds is 3. The number of aryl methyl sites for hydroxylation is 2. The van der Waals surface area contributed by atoms with Gasteiger partial charge in [0.05, 0.1) is 19.3 Å². The van der Waals surface area contributed by atoms with Gasteiger partial charge in [0.15, 0.2) is 0 Å². The summed E-state index contributed by atoms with van der Waals surface area (Å²) in [5, 5.41) is 0. The largest absolute Gasteiger partial charge is 0.495 e. The summed E-state index contributed by atoms with van der Waals surface area (Å²) in [6.45, 7) is 4.36. The number of methoxy groups -OCH3 is 1. The van der Waals surface area contributed by atoms with Crippen LogP contribution in [0.2, 0.25) is 0 Å². The van der Waals surface area contributed by atoms with Crippen LogP contribution in [0.25, 0.3) is 0 Å². The van der Waals surface area contributed by atoms with Crippen molar-refractivity contribution < 1.29 is 13.2 Å². The summed E-state index contributed by atoms with van der Waals surface area (Å²) in [6, 6.07) is 3.42. The zero-order valence-electron chi connectivity index (χ0n) is 12.7. The molecule has 0 saturated carbocycles. The third kappa shape index (κ3) is 2.36. The molecule has 1 aliphatic rings. The van der Waals surface area contributed by atoms with Gasteiger partial charge in [-0.1, -0.05) is 0 Å². The van der Waals surface area contributed by atoms with Gasteiger partial charge in [-0.25, -0.2) is 18.4 Å². The predicted octanol–water partition coefficient (Wildman–Crippen LogP) is 1.81. The average molecular weight is 319 g/mol. The van der Waals surface area contributed by atoms with Crippen molar-refractivity contribution in [2.24, 2.45) is 0 Å². The van der Waals surface area contributed by atoms with E-state index in [0.29, 0.717) is 5.75 Å². The van der Waals surface area contributed by atoms with Crippen molar-refractivity contribution in [1.82, 2.24) is 14.3 Å². The van der Waals surface area contributed by atoms with E-state index in [1.54, 1.807) is 18.3 Å². The molecule has 0 aliphatic carbocycles. The molecular formula is C15H17N3O3S. The molecule has 2 aromatic rings. The molecule has 22 heavy (non-hydrogen) atoms. The molecular weight excluding hydrogens is 302 g/mol. The van der Waals surface area contributed by atoms with Crippen LogP contribution in [0, 0.1) is 13.8 Å². The summed E-state index contributed by atoms with van der Waals surface area (Å²) in [5.74, 6) is 0.366. The van der Waals surface area contributed by atoms with Crippen LogP contribution in [-0.4, -0.2) is 29.8 Å². The first-order valence-electron chi connectivity index (χ1n) is 6.86. The minimum atomic E-state index is -3.65. The van der Waals surface area contributed by atoms with Crippen molar-refractivity contribution in [3.63, 3.8) is 0 Å². The topological polar surface area (TPSA) is 72.4 Å². The van der Waals surface area contributed by atoms with Gasteiger partial charge in [-0.15, -0.1) is 0 Å². The molecule has 0 radical (unpaired) electrons. The van der Waals surface area contributed by atoms with Crippen LogP contribution >= 0.6 is 0 Å². The Hall–Kier alpha value is -1.99. The number of sulfonamides is 1. The Morgan fingerprint density at radius 3 is 2.59 bits per heavy atom. The van der Waals surface area contributed by atoms with E-state index >= 15 is 0 Å². The average Bonchev–Trinajstić information content (AvgIpc) is 2.94. The third-order valence-electron chi connectivity index (χ3n) is 3.95. The Morgan fingerprint density at radius 1 is 1.18 bits per heavy atom. The molecule has 0 bridgehead atoms. The summed E-state index contributed by atoms with van der Waals surface area (Å²) in [4.78, 5) is 8.28. The Kier molecular flexibility index (Phi) is 3.62. The van der Waals surface area contributed by atoms with E-state index < -0.39 is 10.0 Å². The summed E-state index contributed by atoms with van der Waals surface area (Å²) in [7, 11) is -2.17. The van der Waals surface area contributed by atoms with E-state index in [1.807, 2.05) is 13.8 Å². The molecule has 1 aromatic carbocycles. The first kappa shape index (κ1) is 14.9. The van der Waals surface area contributed by atoms with Crippen molar-refractivity contribution in [2.75, 3.05) is 7.11 Å². The number of ether oxygens (including phenoxy) is 1. The fraction of sp³-hybridized carbons (Fsp3) is 0.333. The lowest BCUT2D eigenvalue weighted by Crippen LogP contribution is -2.26. The standard InChI is InChI=1S/C15H17N3O3S/c1-10-4-14(21-3)15(5-11(10)2)22(19,20)18-7-12-6-16-9-17-13(12)8-18/h4-6,9H,7-8H2,1-3H3. The fourth-order valence-corrected chi connectivity index (χ4v) is 4.11. The zero-order valence-corrected chi connectivity index (χ0v) is 13.5. The lowest BCUT2D eigenvalue weighted by molar-refractivity contribution is 0.392. The first-order valence-corrected chi connectivity index (χ1v) is 8.30. The highest BCUT2D eigenvalue weighted by atomic mass is 32.2. The second kappa shape index (κ2) is 5.33. The number of benzene rings is 1. The van der Waals surface area contributed by atoms with E-state index in [0.717, 1.165) is 22.4 Å². The first-order chi connectivity index (χ1) is 10.4. The van der Waals surface area contributed by atoms with Gasteiger partial charge >= 0.3 is 0 Å². The van der Waals surface area contributed by atoms with Crippen LogP contribution in [-0.2, 0) is 23.1 Å². The Labute approximate surface area is 129 Å². The number of hydrogen-bond donors (Lipinski definition) is 0. The maximum Gasteiger partial charge on any atom is 0.247 e. The number of fused-ring (bicyclic) bond motifs is 1. The van der Waals surface area contributed by atoms with Crippen LogP contribution in [0.5, 0.6) is 5.75 Å². The highest BCUT2D eigenvalue weighted by molar-refractivity contribution is 7.89. The van der Waals surface area contributed by atoms with E-state index in [9.17, 15) is 8.42 Å². The van der Waals surface area contributed by atoms with Crippen LogP contribution in [0.15, 0.2) is 29.6 Å². The number of hydrogen-bond acceptors (Lipinski definition) is 5. The van der Waals surface area contributed by atoms with Crippen LogP contribution in [0.3, 0.4) is 0 Å². The predicted molar refractivity (Wildman–Crippen MR) is 80.9 cm³/mol. The van der Waals surface area contributed by atoms with Gasteiger partial charge in [0, 0.05) is 18.3 Å². The smallest absolute Gasteiger partial charge is 0.247 e. The fourth-order valence-electron chi connectivity index (χ4n) is 2.50. The molecule has 1 aliphatic heterocycles.